The number of carbonyl (C=O) groups excluding carboxylic acids is 4. The molecule has 4 N–H and O–H groups in total. The van der Waals surface area contributed by atoms with Gasteiger partial charge in [0, 0.05) is 38.3 Å². The minimum Gasteiger partial charge on any atom is -0.349 e. The molecule has 0 saturated heterocycles. The van der Waals surface area contributed by atoms with Crippen molar-refractivity contribution in [2.24, 2.45) is 0 Å². The van der Waals surface area contributed by atoms with E-state index in [1.54, 1.807) is 48.5 Å². The molecule has 10 nitrogen and oxygen atoms in total. The van der Waals surface area contributed by atoms with Crippen molar-refractivity contribution in [2.75, 3.05) is 27.2 Å². The molecule has 40 heavy (non-hydrogen) atoms. The van der Waals surface area contributed by atoms with Crippen LogP contribution < -0.4 is 21.3 Å². The lowest BCUT2D eigenvalue weighted by Crippen LogP contribution is -2.55. The molecule has 0 aliphatic heterocycles. The molecule has 2 unspecified atom stereocenters. The van der Waals surface area contributed by atoms with Gasteiger partial charge in [-0.3, -0.25) is 9.59 Å². The fourth-order valence-corrected chi connectivity index (χ4v) is 4.29. The molecule has 2 aromatic rings. The molecule has 0 fully saturated rings. The monoisotopic (exact) mass is 552 g/mol. The highest BCUT2D eigenvalue weighted by Crippen LogP contribution is 2.26. The maximum atomic E-state index is 13.6. The zero-order chi connectivity index (χ0) is 30.1. The number of amides is 6. The van der Waals surface area contributed by atoms with Crippen LogP contribution in [0.1, 0.15) is 64.8 Å². The van der Waals surface area contributed by atoms with Gasteiger partial charge >= 0.3 is 12.1 Å². The molecule has 2 atom stereocenters. The normalized spacial score (nSPS) is 12.9. The van der Waals surface area contributed by atoms with Crippen LogP contribution in [0.4, 0.5) is 9.59 Å². The largest absolute Gasteiger partial charge is 0.349 e. The molecular formula is C30H44N6O4. The number of urea groups is 2. The maximum Gasteiger partial charge on any atom is 0.318 e. The van der Waals surface area contributed by atoms with Gasteiger partial charge in [-0.1, -0.05) is 60.7 Å². The summed E-state index contributed by atoms with van der Waals surface area (Å²) >= 11 is 0. The van der Waals surface area contributed by atoms with E-state index in [9.17, 15) is 19.2 Å². The first-order valence-corrected chi connectivity index (χ1v) is 13.4. The van der Waals surface area contributed by atoms with Crippen LogP contribution in [0.2, 0.25) is 0 Å². The summed E-state index contributed by atoms with van der Waals surface area (Å²) in [6.45, 7) is 11.1. The molecule has 0 heterocycles. The molecule has 6 amide bonds. The predicted octanol–water partition coefficient (Wildman–Crippen LogP) is 3.58. The molecule has 218 valence electrons. The smallest absolute Gasteiger partial charge is 0.318 e. The Bertz CT molecular complexity index is 1050. The number of rotatable bonds is 9. The van der Waals surface area contributed by atoms with Gasteiger partial charge in [-0.25, -0.2) is 9.59 Å². The highest BCUT2D eigenvalue weighted by molar-refractivity contribution is 5.90. The summed E-state index contributed by atoms with van der Waals surface area (Å²) < 4.78 is 0. The molecule has 0 aliphatic rings. The number of nitrogens with one attached hydrogen (secondary N) is 4. The van der Waals surface area contributed by atoms with E-state index in [2.05, 4.69) is 21.3 Å². The number of benzene rings is 2. The van der Waals surface area contributed by atoms with E-state index in [-0.39, 0.29) is 24.9 Å². The third kappa shape index (κ3) is 9.29. The predicted molar refractivity (Wildman–Crippen MR) is 156 cm³/mol. The van der Waals surface area contributed by atoms with Crippen LogP contribution in [0, 0.1) is 0 Å². The first-order chi connectivity index (χ1) is 18.7. The Kier molecular flexibility index (Phi) is 11.1. The molecule has 10 heteroatoms. The van der Waals surface area contributed by atoms with Gasteiger partial charge in [-0.05, 0) is 52.7 Å². The summed E-state index contributed by atoms with van der Waals surface area (Å²) in [5, 5.41) is 11.2. The topological polar surface area (TPSA) is 123 Å². The minimum absolute atomic E-state index is 0.0314. The third-order valence-corrected chi connectivity index (χ3v) is 5.88. The molecule has 2 rings (SSSR count). The zero-order valence-corrected chi connectivity index (χ0v) is 24.9. The van der Waals surface area contributed by atoms with Crippen molar-refractivity contribution in [1.29, 1.82) is 0 Å². The van der Waals surface area contributed by atoms with E-state index in [1.807, 2.05) is 53.7 Å². The van der Waals surface area contributed by atoms with Gasteiger partial charge in [0.15, 0.2) is 0 Å². The van der Waals surface area contributed by atoms with Crippen molar-refractivity contribution in [3.8, 4) is 0 Å². The molecular weight excluding hydrogens is 508 g/mol. The number of hydrogen-bond donors (Lipinski definition) is 4. The summed E-state index contributed by atoms with van der Waals surface area (Å²) in [5.41, 5.74) is 0.139. The van der Waals surface area contributed by atoms with E-state index in [4.69, 9.17) is 0 Å². The number of carbonyl (C=O) groups is 4. The standard InChI is InChI=1S/C30H44N6O4/c1-29(2,3)33-25(37)23(21-15-11-9-12-16-21)35(27(39)31-7)19-20-36(28(40)32-8)24(22-17-13-10-14-18-22)26(38)34-30(4,5)6/h9-18,23-24H,19-20H2,1-8H3,(H,31,39)(H,32,40)(H,33,37)(H,34,38). The van der Waals surface area contributed by atoms with Crippen LogP contribution in [0.3, 0.4) is 0 Å². The van der Waals surface area contributed by atoms with Gasteiger partial charge in [0.25, 0.3) is 0 Å². The average Bonchev–Trinajstić information content (AvgIpc) is 2.88. The van der Waals surface area contributed by atoms with Gasteiger partial charge in [-0.15, -0.1) is 0 Å². The Morgan fingerprint density at radius 1 is 0.600 bits per heavy atom. The van der Waals surface area contributed by atoms with Crippen molar-refractivity contribution in [1.82, 2.24) is 31.1 Å². The van der Waals surface area contributed by atoms with Gasteiger partial charge in [0.05, 0.1) is 0 Å². The Labute approximate surface area is 237 Å². The summed E-state index contributed by atoms with van der Waals surface area (Å²) in [6, 6.07) is 15.0. The Morgan fingerprint density at radius 3 is 1.15 bits per heavy atom. The molecule has 0 aliphatic carbocycles. The molecule has 0 radical (unpaired) electrons. The Hall–Kier alpha value is -4.08. The first-order valence-electron chi connectivity index (χ1n) is 13.4. The summed E-state index contributed by atoms with van der Waals surface area (Å²) in [4.78, 5) is 56.4. The zero-order valence-electron chi connectivity index (χ0n) is 24.9. The van der Waals surface area contributed by atoms with Gasteiger partial charge in [-0.2, -0.15) is 0 Å². The summed E-state index contributed by atoms with van der Waals surface area (Å²) in [6.07, 6.45) is 0. The number of hydrogen-bond acceptors (Lipinski definition) is 4. The SMILES string of the molecule is CNC(=O)N(CCN(C(=O)NC)C(C(=O)NC(C)(C)C)c1ccccc1)C(C(=O)NC(C)(C)C)c1ccccc1. The van der Waals surface area contributed by atoms with Gasteiger partial charge in [0.1, 0.15) is 12.1 Å². The summed E-state index contributed by atoms with van der Waals surface area (Å²) in [5.74, 6) is -0.724. The highest BCUT2D eigenvalue weighted by Gasteiger charge is 2.36. The van der Waals surface area contributed by atoms with Crippen LogP contribution in [0.15, 0.2) is 60.7 Å². The van der Waals surface area contributed by atoms with Crippen LogP contribution in [-0.4, -0.2) is 71.9 Å². The lowest BCUT2D eigenvalue weighted by atomic mass is 10.0. The second-order valence-electron chi connectivity index (χ2n) is 11.6. The van der Waals surface area contributed by atoms with Crippen LogP contribution >= 0.6 is 0 Å². The van der Waals surface area contributed by atoms with Crippen LogP contribution in [0.5, 0.6) is 0 Å². The van der Waals surface area contributed by atoms with Crippen LogP contribution in [0.25, 0.3) is 0 Å². The first kappa shape index (κ1) is 32.1. The lowest BCUT2D eigenvalue weighted by Gasteiger charge is -2.37. The fraction of sp³-hybridized carbons (Fsp3) is 0.467. The van der Waals surface area contributed by atoms with Gasteiger partial charge < -0.3 is 31.1 Å². The summed E-state index contributed by atoms with van der Waals surface area (Å²) in [7, 11) is 2.97. The molecule has 0 spiro atoms. The highest BCUT2D eigenvalue weighted by atomic mass is 16.2. The van der Waals surface area contributed by atoms with Crippen molar-refractivity contribution >= 4 is 23.9 Å². The third-order valence-electron chi connectivity index (χ3n) is 5.88. The lowest BCUT2D eigenvalue weighted by molar-refractivity contribution is -0.129. The second-order valence-corrected chi connectivity index (χ2v) is 11.6. The van der Waals surface area contributed by atoms with Gasteiger partial charge in [0.2, 0.25) is 11.8 Å². The van der Waals surface area contributed by atoms with Crippen molar-refractivity contribution in [3.05, 3.63) is 71.8 Å². The van der Waals surface area contributed by atoms with E-state index in [0.29, 0.717) is 11.1 Å². The molecule has 0 aromatic heterocycles. The Balaban J connectivity index is 2.55. The van der Waals surface area contributed by atoms with Crippen LogP contribution in [-0.2, 0) is 9.59 Å². The van der Waals surface area contributed by atoms with E-state index < -0.39 is 35.2 Å². The van der Waals surface area contributed by atoms with Crippen molar-refractivity contribution in [3.63, 3.8) is 0 Å². The molecule has 0 saturated carbocycles. The molecule has 0 bridgehead atoms. The Morgan fingerprint density at radius 2 is 0.900 bits per heavy atom. The van der Waals surface area contributed by atoms with E-state index in [0.717, 1.165) is 0 Å². The van der Waals surface area contributed by atoms with E-state index >= 15 is 0 Å². The fourth-order valence-electron chi connectivity index (χ4n) is 4.29. The average molecular weight is 553 g/mol. The van der Waals surface area contributed by atoms with Crippen molar-refractivity contribution in [2.45, 2.75) is 64.7 Å². The quantitative estimate of drug-likeness (QED) is 0.380. The number of nitrogens with zero attached hydrogens (tertiary/aromatic N) is 2. The van der Waals surface area contributed by atoms with E-state index in [1.165, 1.54) is 23.9 Å². The minimum atomic E-state index is -0.981. The second kappa shape index (κ2) is 13.8. The maximum absolute atomic E-state index is 13.6. The van der Waals surface area contributed by atoms with Crippen molar-refractivity contribution < 1.29 is 19.2 Å². The molecule has 2 aromatic carbocycles.